The predicted molar refractivity (Wildman–Crippen MR) is 135 cm³/mol. The fourth-order valence-electron chi connectivity index (χ4n) is 4.31. The Hall–Kier alpha value is -2.94. The molecule has 1 unspecified atom stereocenters. The van der Waals surface area contributed by atoms with Crippen molar-refractivity contribution in [1.82, 2.24) is 14.8 Å². The van der Waals surface area contributed by atoms with Crippen molar-refractivity contribution in [2.45, 2.75) is 19.4 Å². The number of carbonyl (C=O) groups is 2. The van der Waals surface area contributed by atoms with Gasteiger partial charge in [-0.3, -0.25) is 14.5 Å². The van der Waals surface area contributed by atoms with E-state index in [-0.39, 0.29) is 24.4 Å². The molecule has 2 amide bonds. The van der Waals surface area contributed by atoms with Crippen molar-refractivity contribution in [3.8, 4) is 5.75 Å². The minimum Gasteiger partial charge on any atom is -0.497 e. The van der Waals surface area contributed by atoms with Gasteiger partial charge in [-0.15, -0.1) is 0 Å². The van der Waals surface area contributed by atoms with Gasteiger partial charge in [0.15, 0.2) is 0 Å². The van der Waals surface area contributed by atoms with Crippen molar-refractivity contribution in [3.63, 3.8) is 0 Å². The highest BCUT2D eigenvalue weighted by atomic mass is 35.5. The van der Waals surface area contributed by atoms with Crippen LogP contribution in [0.5, 0.6) is 5.75 Å². The summed E-state index contributed by atoms with van der Waals surface area (Å²) in [5, 5.41) is 6.87. The first-order chi connectivity index (χ1) is 16.9. The number of amides is 2. The maximum Gasteiger partial charge on any atom is 0.262 e. The lowest BCUT2D eigenvalue weighted by Gasteiger charge is -2.30. The lowest BCUT2D eigenvalue weighted by molar-refractivity contribution is -0.140. The highest BCUT2D eigenvalue weighted by molar-refractivity contribution is 6.30. The van der Waals surface area contributed by atoms with Gasteiger partial charge in [0.2, 0.25) is 5.91 Å². The molecule has 1 saturated heterocycles. The SMILES string of the molecule is COc1ccc(C2=NN(C(=O)CN(CCN3CCOCC3)C(C)=O)C(c3ccc(Cl)cc3)C2)cc1. The zero-order chi connectivity index (χ0) is 24.8. The zero-order valence-corrected chi connectivity index (χ0v) is 20.9. The second-order valence-corrected chi connectivity index (χ2v) is 9.12. The molecule has 0 spiro atoms. The number of ether oxygens (including phenoxy) is 2. The number of hydrogen-bond donors (Lipinski definition) is 0. The Kier molecular flexibility index (Phi) is 8.38. The average Bonchev–Trinajstić information content (AvgIpc) is 3.33. The number of rotatable bonds is 8. The summed E-state index contributed by atoms with van der Waals surface area (Å²) < 4.78 is 10.7. The molecule has 2 heterocycles. The molecule has 1 fully saturated rings. The first-order valence-corrected chi connectivity index (χ1v) is 12.2. The molecule has 0 bridgehead atoms. The summed E-state index contributed by atoms with van der Waals surface area (Å²) in [5.74, 6) is 0.408. The largest absolute Gasteiger partial charge is 0.497 e. The Labute approximate surface area is 211 Å². The molecule has 186 valence electrons. The second-order valence-electron chi connectivity index (χ2n) is 8.68. The summed E-state index contributed by atoms with van der Waals surface area (Å²) in [4.78, 5) is 29.7. The zero-order valence-electron chi connectivity index (χ0n) is 20.2. The summed E-state index contributed by atoms with van der Waals surface area (Å²) in [6.07, 6.45) is 0.563. The van der Waals surface area contributed by atoms with Gasteiger partial charge in [0, 0.05) is 44.5 Å². The number of nitrogens with zero attached hydrogens (tertiary/aromatic N) is 4. The monoisotopic (exact) mass is 498 g/mol. The fraction of sp³-hybridized carbons (Fsp3) is 0.423. The van der Waals surface area contributed by atoms with E-state index in [4.69, 9.17) is 26.2 Å². The average molecular weight is 499 g/mol. The van der Waals surface area contributed by atoms with Gasteiger partial charge >= 0.3 is 0 Å². The standard InChI is InChI=1S/C26H31ClN4O4/c1-19(32)30(12-11-29-13-15-35-16-14-29)18-26(33)31-25(21-3-7-22(27)8-4-21)17-24(28-31)20-5-9-23(34-2)10-6-20/h3-10,25H,11-18H2,1-2H3. The molecule has 0 saturated carbocycles. The minimum atomic E-state index is -0.273. The number of hydrazone groups is 1. The third-order valence-electron chi connectivity index (χ3n) is 6.41. The summed E-state index contributed by atoms with van der Waals surface area (Å²) in [6.45, 7) is 5.71. The third-order valence-corrected chi connectivity index (χ3v) is 6.66. The second kappa shape index (κ2) is 11.7. The van der Waals surface area contributed by atoms with Crippen molar-refractivity contribution < 1.29 is 19.1 Å². The molecule has 9 heteroatoms. The van der Waals surface area contributed by atoms with Crippen LogP contribution in [0.4, 0.5) is 0 Å². The molecule has 2 aromatic rings. The number of halogens is 1. The summed E-state index contributed by atoms with van der Waals surface area (Å²) in [5.41, 5.74) is 2.68. The molecular weight excluding hydrogens is 468 g/mol. The van der Waals surface area contributed by atoms with Crippen LogP contribution in [0, 0.1) is 0 Å². The Morgan fingerprint density at radius 2 is 1.80 bits per heavy atom. The van der Waals surface area contributed by atoms with Gasteiger partial charge in [-0.05, 0) is 47.5 Å². The van der Waals surface area contributed by atoms with Gasteiger partial charge in [0.1, 0.15) is 12.3 Å². The minimum absolute atomic E-state index is 0.0246. The Morgan fingerprint density at radius 1 is 1.11 bits per heavy atom. The molecule has 8 nitrogen and oxygen atoms in total. The summed E-state index contributed by atoms with van der Waals surface area (Å²) in [6, 6.07) is 14.8. The summed E-state index contributed by atoms with van der Waals surface area (Å²) in [7, 11) is 1.62. The van der Waals surface area contributed by atoms with Crippen molar-refractivity contribution in [2.75, 3.05) is 53.0 Å². The van der Waals surface area contributed by atoms with Crippen LogP contribution in [-0.4, -0.2) is 85.4 Å². The maximum atomic E-state index is 13.5. The van der Waals surface area contributed by atoms with E-state index in [2.05, 4.69) is 4.90 Å². The van der Waals surface area contributed by atoms with Crippen molar-refractivity contribution in [3.05, 3.63) is 64.7 Å². The van der Waals surface area contributed by atoms with E-state index in [1.165, 1.54) is 11.9 Å². The number of benzene rings is 2. The van der Waals surface area contributed by atoms with E-state index < -0.39 is 0 Å². The van der Waals surface area contributed by atoms with Crippen LogP contribution >= 0.6 is 11.6 Å². The van der Waals surface area contributed by atoms with E-state index in [1.54, 1.807) is 12.0 Å². The molecule has 0 N–H and O–H groups in total. The lowest BCUT2D eigenvalue weighted by Crippen LogP contribution is -2.45. The number of hydrogen-bond acceptors (Lipinski definition) is 6. The quantitative estimate of drug-likeness (QED) is 0.558. The van der Waals surface area contributed by atoms with Crippen LogP contribution < -0.4 is 4.74 Å². The number of methoxy groups -OCH3 is 1. The molecular formula is C26H31ClN4O4. The number of morpholine rings is 1. The van der Waals surface area contributed by atoms with Gasteiger partial charge in [-0.1, -0.05) is 23.7 Å². The van der Waals surface area contributed by atoms with Gasteiger partial charge in [-0.2, -0.15) is 5.10 Å². The molecule has 2 aromatic carbocycles. The topological polar surface area (TPSA) is 74.7 Å². The van der Waals surface area contributed by atoms with E-state index in [9.17, 15) is 9.59 Å². The normalized spacial score (nSPS) is 18.3. The molecule has 2 aliphatic rings. The van der Waals surface area contributed by atoms with Crippen LogP contribution in [0.25, 0.3) is 0 Å². The van der Waals surface area contributed by atoms with E-state index in [0.717, 1.165) is 35.7 Å². The van der Waals surface area contributed by atoms with Crippen LogP contribution in [-0.2, 0) is 14.3 Å². The van der Waals surface area contributed by atoms with Gasteiger partial charge in [0.05, 0.1) is 32.1 Å². The highest BCUT2D eigenvalue weighted by Gasteiger charge is 2.34. The molecule has 0 aromatic heterocycles. The fourth-order valence-corrected chi connectivity index (χ4v) is 4.44. The first-order valence-electron chi connectivity index (χ1n) is 11.8. The Balaban J connectivity index is 1.52. The Bertz CT molecular complexity index is 1050. The molecule has 4 rings (SSSR count). The van der Waals surface area contributed by atoms with Crippen LogP contribution in [0.3, 0.4) is 0 Å². The molecule has 35 heavy (non-hydrogen) atoms. The van der Waals surface area contributed by atoms with Crippen molar-refractivity contribution in [1.29, 1.82) is 0 Å². The van der Waals surface area contributed by atoms with E-state index in [1.807, 2.05) is 48.5 Å². The number of carbonyl (C=O) groups excluding carboxylic acids is 2. The van der Waals surface area contributed by atoms with Crippen LogP contribution in [0.1, 0.15) is 30.5 Å². The predicted octanol–water partition coefficient (Wildman–Crippen LogP) is 3.21. The molecule has 0 aliphatic carbocycles. The van der Waals surface area contributed by atoms with Crippen molar-refractivity contribution in [2.24, 2.45) is 5.10 Å². The van der Waals surface area contributed by atoms with Gasteiger partial charge in [-0.25, -0.2) is 5.01 Å². The van der Waals surface area contributed by atoms with Gasteiger partial charge < -0.3 is 14.4 Å². The third kappa shape index (κ3) is 6.39. The molecule has 0 radical (unpaired) electrons. The highest BCUT2D eigenvalue weighted by Crippen LogP contribution is 2.33. The summed E-state index contributed by atoms with van der Waals surface area (Å²) >= 11 is 6.10. The first kappa shape index (κ1) is 25.2. The van der Waals surface area contributed by atoms with Crippen molar-refractivity contribution >= 4 is 29.1 Å². The van der Waals surface area contributed by atoms with Gasteiger partial charge in [0.25, 0.3) is 5.91 Å². The van der Waals surface area contributed by atoms with Crippen LogP contribution in [0.2, 0.25) is 5.02 Å². The molecule has 2 aliphatic heterocycles. The van der Waals surface area contributed by atoms with E-state index in [0.29, 0.717) is 37.7 Å². The maximum absolute atomic E-state index is 13.5. The van der Waals surface area contributed by atoms with E-state index >= 15 is 0 Å². The lowest BCUT2D eigenvalue weighted by atomic mass is 9.98. The Morgan fingerprint density at radius 3 is 2.43 bits per heavy atom. The van der Waals surface area contributed by atoms with Crippen LogP contribution in [0.15, 0.2) is 53.6 Å². The smallest absolute Gasteiger partial charge is 0.262 e. The molecule has 1 atom stereocenters.